The minimum absolute atomic E-state index is 0.0776. The molecule has 2 rings (SSSR count). The molecule has 0 spiro atoms. The number of anilines is 1. The van der Waals surface area contributed by atoms with Gasteiger partial charge in [-0.2, -0.15) is 0 Å². The van der Waals surface area contributed by atoms with Crippen LogP contribution in [0.5, 0.6) is 0 Å². The van der Waals surface area contributed by atoms with Gasteiger partial charge in [0.2, 0.25) is 0 Å². The smallest absolute Gasteiger partial charge is 0.339 e. The van der Waals surface area contributed by atoms with Crippen LogP contribution < -0.4 is 5.32 Å². The zero-order chi connectivity index (χ0) is 14.0. The predicted octanol–water partition coefficient (Wildman–Crippen LogP) is 3.84. The number of aromatic nitrogens is 1. The van der Waals surface area contributed by atoms with Crippen molar-refractivity contribution in [3.63, 3.8) is 0 Å². The number of hydrogen-bond acceptors (Lipinski definition) is 4. The number of carbonyl (C=O) groups is 1. The van der Waals surface area contributed by atoms with Crippen LogP contribution in [0.25, 0.3) is 0 Å². The van der Waals surface area contributed by atoms with Crippen LogP contribution in [0.3, 0.4) is 0 Å². The second-order valence-corrected chi connectivity index (χ2v) is 5.86. The van der Waals surface area contributed by atoms with Crippen molar-refractivity contribution in [3.8, 4) is 0 Å². The lowest BCUT2D eigenvalue weighted by molar-refractivity contribution is 0.0698. The van der Waals surface area contributed by atoms with E-state index in [1.54, 1.807) is 24.4 Å². The van der Waals surface area contributed by atoms with Gasteiger partial charge >= 0.3 is 5.97 Å². The molecule has 2 N–H and O–H groups in total. The molecule has 1 heterocycles. The Kier molecular flexibility index (Phi) is 3.78. The summed E-state index contributed by atoms with van der Waals surface area (Å²) < 4.78 is 0. The van der Waals surface area contributed by atoms with Gasteiger partial charge in [0.05, 0.1) is 16.2 Å². The van der Waals surface area contributed by atoms with Gasteiger partial charge in [0, 0.05) is 11.6 Å². The SMILES string of the molecule is CC(C)(Nc1cccc(Cl)c1C(=O)O)c1nccs1. The van der Waals surface area contributed by atoms with Gasteiger partial charge in [-0.1, -0.05) is 17.7 Å². The number of nitrogens with one attached hydrogen (secondary N) is 1. The number of hydrogen-bond donors (Lipinski definition) is 2. The maximum absolute atomic E-state index is 11.3. The Morgan fingerprint density at radius 1 is 1.47 bits per heavy atom. The number of thiazole rings is 1. The summed E-state index contributed by atoms with van der Waals surface area (Å²) in [4.78, 5) is 15.5. The first-order valence-corrected chi connectivity index (χ1v) is 6.87. The molecular weight excluding hydrogens is 284 g/mol. The highest BCUT2D eigenvalue weighted by atomic mass is 35.5. The number of carboxylic acid groups (broad SMARTS) is 1. The van der Waals surface area contributed by atoms with E-state index in [9.17, 15) is 9.90 Å². The summed E-state index contributed by atoms with van der Waals surface area (Å²) in [5.74, 6) is -1.05. The molecule has 0 unspecified atom stereocenters. The Morgan fingerprint density at radius 2 is 2.21 bits per heavy atom. The first-order valence-electron chi connectivity index (χ1n) is 5.62. The second-order valence-electron chi connectivity index (χ2n) is 4.55. The normalized spacial score (nSPS) is 11.3. The Hall–Kier alpha value is -1.59. The van der Waals surface area contributed by atoms with Crippen molar-refractivity contribution in [3.05, 3.63) is 45.4 Å². The Bertz CT molecular complexity index is 597. The van der Waals surface area contributed by atoms with Crippen LogP contribution in [0.2, 0.25) is 5.02 Å². The molecule has 0 amide bonds. The number of halogens is 1. The highest BCUT2D eigenvalue weighted by molar-refractivity contribution is 7.09. The van der Waals surface area contributed by atoms with Crippen molar-refractivity contribution in [1.29, 1.82) is 0 Å². The van der Waals surface area contributed by atoms with Crippen LogP contribution >= 0.6 is 22.9 Å². The minimum atomic E-state index is -1.05. The summed E-state index contributed by atoms with van der Waals surface area (Å²) in [7, 11) is 0. The molecule has 2 aromatic rings. The topological polar surface area (TPSA) is 62.2 Å². The molecule has 100 valence electrons. The summed E-state index contributed by atoms with van der Waals surface area (Å²) >= 11 is 7.46. The van der Waals surface area contributed by atoms with E-state index in [4.69, 9.17) is 11.6 Å². The highest BCUT2D eigenvalue weighted by Crippen LogP contribution is 2.31. The van der Waals surface area contributed by atoms with Gasteiger partial charge in [-0.3, -0.25) is 0 Å². The van der Waals surface area contributed by atoms with Crippen molar-refractivity contribution >= 4 is 34.6 Å². The van der Waals surface area contributed by atoms with Gasteiger partial charge in [0.25, 0.3) is 0 Å². The molecule has 0 saturated heterocycles. The van der Waals surface area contributed by atoms with Gasteiger partial charge in [-0.25, -0.2) is 9.78 Å². The Morgan fingerprint density at radius 3 is 2.79 bits per heavy atom. The summed E-state index contributed by atoms with van der Waals surface area (Å²) in [6.07, 6.45) is 1.72. The quantitative estimate of drug-likeness (QED) is 0.900. The van der Waals surface area contributed by atoms with E-state index in [0.717, 1.165) is 5.01 Å². The van der Waals surface area contributed by atoms with Gasteiger partial charge in [0.15, 0.2) is 0 Å². The first kappa shape index (κ1) is 13.8. The molecule has 0 radical (unpaired) electrons. The van der Waals surface area contributed by atoms with Gasteiger partial charge in [0.1, 0.15) is 10.6 Å². The summed E-state index contributed by atoms with van der Waals surface area (Å²) in [6, 6.07) is 4.98. The lowest BCUT2D eigenvalue weighted by Gasteiger charge is -2.26. The number of carboxylic acids is 1. The van der Waals surface area contributed by atoms with E-state index < -0.39 is 11.5 Å². The molecular formula is C13H13ClN2O2S. The number of nitrogens with zero attached hydrogens (tertiary/aromatic N) is 1. The monoisotopic (exact) mass is 296 g/mol. The summed E-state index contributed by atoms with van der Waals surface area (Å²) in [6.45, 7) is 3.89. The fraction of sp³-hybridized carbons (Fsp3) is 0.231. The number of rotatable bonds is 4. The third-order valence-electron chi connectivity index (χ3n) is 2.64. The standard InChI is InChI=1S/C13H13ClN2O2S/c1-13(2,12-15-6-7-19-12)16-9-5-3-4-8(14)10(9)11(17)18/h3-7,16H,1-2H3,(H,17,18). The molecule has 1 aromatic heterocycles. The third-order valence-corrected chi connectivity index (χ3v) is 4.05. The van der Waals surface area contributed by atoms with Crippen LogP contribution in [-0.4, -0.2) is 16.1 Å². The Labute approximate surface area is 120 Å². The molecule has 0 saturated carbocycles. The Balaban J connectivity index is 2.39. The van der Waals surface area contributed by atoms with Crippen LogP contribution in [0, 0.1) is 0 Å². The fourth-order valence-corrected chi connectivity index (χ4v) is 2.74. The van der Waals surface area contributed by atoms with E-state index >= 15 is 0 Å². The maximum atomic E-state index is 11.3. The van der Waals surface area contributed by atoms with Gasteiger partial charge in [-0.05, 0) is 26.0 Å². The van der Waals surface area contributed by atoms with Crippen molar-refractivity contribution in [2.24, 2.45) is 0 Å². The predicted molar refractivity (Wildman–Crippen MR) is 77.2 cm³/mol. The van der Waals surface area contributed by atoms with Crippen LogP contribution in [-0.2, 0) is 5.54 Å². The average Bonchev–Trinajstić information content (AvgIpc) is 2.81. The van der Waals surface area contributed by atoms with Crippen LogP contribution in [0.4, 0.5) is 5.69 Å². The van der Waals surface area contributed by atoms with E-state index in [1.165, 1.54) is 11.3 Å². The molecule has 0 atom stereocenters. The van der Waals surface area contributed by atoms with Gasteiger partial charge < -0.3 is 10.4 Å². The molecule has 6 heteroatoms. The molecule has 0 fully saturated rings. The fourth-order valence-electron chi connectivity index (χ4n) is 1.77. The maximum Gasteiger partial charge on any atom is 0.339 e. The zero-order valence-electron chi connectivity index (χ0n) is 10.5. The first-order chi connectivity index (χ1) is 8.92. The van der Waals surface area contributed by atoms with E-state index in [1.807, 2.05) is 19.2 Å². The molecule has 1 aromatic carbocycles. The highest BCUT2D eigenvalue weighted by Gasteiger charge is 2.25. The van der Waals surface area contributed by atoms with Gasteiger partial charge in [-0.15, -0.1) is 11.3 Å². The molecule has 0 aliphatic heterocycles. The summed E-state index contributed by atoms with van der Waals surface area (Å²) in [5, 5.41) is 15.4. The third kappa shape index (κ3) is 2.88. The van der Waals surface area contributed by atoms with Crippen molar-refractivity contribution in [2.75, 3.05) is 5.32 Å². The molecule has 0 aliphatic carbocycles. The van der Waals surface area contributed by atoms with Crippen molar-refractivity contribution in [2.45, 2.75) is 19.4 Å². The molecule has 19 heavy (non-hydrogen) atoms. The molecule has 0 bridgehead atoms. The summed E-state index contributed by atoms with van der Waals surface area (Å²) in [5.41, 5.74) is 0.0947. The molecule has 0 aliphatic rings. The van der Waals surface area contributed by atoms with Crippen LogP contribution in [0.1, 0.15) is 29.2 Å². The number of benzene rings is 1. The van der Waals surface area contributed by atoms with E-state index in [-0.39, 0.29) is 10.6 Å². The van der Waals surface area contributed by atoms with E-state index in [2.05, 4.69) is 10.3 Å². The molecule has 4 nitrogen and oxygen atoms in total. The minimum Gasteiger partial charge on any atom is -0.478 e. The van der Waals surface area contributed by atoms with Crippen molar-refractivity contribution in [1.82, 2.24) is 4.98 Å². The van der Waals surface area contributed by atoms with E-state index in [0.29, 0.717) is 5.69 Å². The van der Waals surface area contributed by atoms with Crippen molar-refractivity contribution < 1.29 is 9.90 Å². The second kappa shape index (κ2) is 5.19. The number of aromatic carboxylic acids is 1. The average molecular weight is 297 g/mol. The zero-order valence-corrected chi connectivity index (χ0v) is 12.0. The largest absolute Gasteiger partial charge is 0.478 e. The van der Waals surface area contributed by atoms with Crippen LogP contribution in [0.15, 0.2) is 29.8 Å². The lowest BCUT2D eigenvalue weighted by Crippen LogP contribution is -2.28. The lowest BCUT2D eigenvalue weighted by atomic mass is 10.0.